The van der Waals surface area contributed by atoms with Crippen LogP contribution in [-0.2, 0) is 4.74 Å². The number of nitrogens with zero attached hydrogens (tertiary/aromatic N) is 1. The first-order valence-corrected chi connectivity index (χ1v) is 9.07. The summed E-state index contributed by atoms with van der Waals surface area (Å²) < 4.78 is 26.3. The molecule has 0 spiro atoms. The van der Waals surface area contributed by atoms with Crippen LogP contribution < -0.4 is 24.4 Å². The molecule has 1 aliphatic heterocycles. The fourth-order valence-electron chi connectivity index (χ4n) is 2.49. The molecule has 0 saturated heterocycles. The van der Waals surface area contributed by atoms with Crippen LogP contribution in [0.3, 0.4) is 0 Å². The molecule has 1 amide bonds. The largest absolute Gasteiger partial charge is 0.493 e. The van der Waals surface area contributed by atoms with Gasteiger partial charge in [-0.3, -0.25) is 0 Å². The highest BCUT2D eigenvalue weighted by molar-refractivity contribution is 5.92. The lowest BCUT2D eigenvalue weighted by Gasteiger charge is -2.18. The molecule has 9 heteroatoms. The van der Waals surface area contributed by atoms with E-state index < -0.39 is 17.7 Å². The second-order valence-corrected chi connectivity index (χ2v) is 7.24. The van der Waals surface area contributed by atoms with Gasteiger partial charge in [-0.15, -0.1) is 0 Å². The summed E-state index contributed by atoms with van der Waals surface area (Å²) in [5.41, 5.74) is 2.59. The van der Waals surface area contributed by atoms with Crippen LogP contribution in [0.1, 0.15) is 36.7 Å². The zero-order valence-electron chi connectivity index (χ0n) is 17.1. The van der Waals surface area contributed by atoms with Gasteiger partial charge in [0, 0.05) is 0 Å². The molecule has 0 fully saturated rings. The van der Waals surface area contributed by atoms with Gasteiger partial charge in [-0.2, -0.15) is 5.10 Å². The third-order valence-electron chi connectivity index (χ3n) is 3.77. The molecule has 1 aliphatic rings. The number of nitrogens with one attached hydrogen (secondary N) is 1. The predicted octanol–water partition coefficient (Wildman–Crippen LogP) is 3.50. The number of benzene rings is 2. The average molecular weight is 414 g/mol. The van der Waals surface area contributed by atoms with Crippen molar-refractivity contribution in [2.75, 3.05) is 13.9 Å². The third kappa shape index (κ3) is 5.40. The van der Waals surface area contributed by atoms with Gasteiger partial charge in [0.1, 0.15) is 5.60 Å². The molecule has 0 atom stereocenters. The summed E-state index contributed by atoms with van der Waals surface area (Å²) in [5.74, 6) is 1.05. The summed E-state index contributed by atoms with van der Waals surface area (Å²) >= 11 is 0. The van der Waals surface area contributed by atoms with Crippen molar-refractivity contribution in [2.45, 2.75) is 26.4 Å². The fraction of sp³-hybridized carbons (Fsp3) is 0.286. The Morgan fingerprint density at radius 3 is 2.57 bits per heavy atom. The monoisotopic (exact) mass is 414 g/mol. The smallest absolute Gasteiger partial charge is 0.428 e. The first kappa shape index (κ1) is 21.0. The molecule has 0 saturated carbocycles. The Kier molecular flexibility index (Phi) is 6.10. The molecule has 2 aromatic rings. The SMILES string of the molecule is COc1cc(/C=N/NC(=O)OC(C)(C)C)ccc1OC(=O)c1ccc2c(c1)OCO2. The third-order valence-corrected chi connectivity index (χ3v) is 3.77. The molecule has 9 nitrogen and oxygen atoms in total. The van der Waals surface area contributed by atoms with Crippen molar-refractivity contribution in [3.05, 3.63) is 47.5 Å². The Morgan fingerprint density at radius 2 is 1.83 bits per heavy atom. The molecule has 0 unspecified atom stereocenters. The molecule has 158 valence electrons. The minimum atomic E-state index is -0.667. The lowest BCUT2D eigenvalue weighted by Crippen LogP contribution is -2.29. The van der Waals surface area contributed by atoms with Crippen LogP contribution in [0.4, 0.5) is 4.79 Å². The maximum absolute atomic E-state index is 12.5. The quantitative estimate of drug-likeness (QED) is 0.345. The number of carbonyl (C=O) groups is 2. The Hall–Kier alpha value is -3.75. The maximum Gasteiger partial charge on any atom is 0.428 e. The summed E-state index contributed by atoms with van der Waals surface area (Å²) in [6.07, 6.45) is 0.746. The number of hydrogen-bond donors (Lipinski definition) is 1. The standard InChI is InChI=1S/C21H22N2O7/c1-21(2,3)30-20(25)23-22-11-13-5-7-16(17(9-13)26-4)29-19(24)14-6-8-15-18(10-14)28-12-27-15/h5-11H,12H2,1-4H3,(H,23,25)/b22-11+. The number of hydrogen-bond acceptors (Lipinski definition) is 8. The number of esters is 1. The number of methoxy groups -OCH3 is 1. The molecule has 2 aromatic carbocycles. The Morgan fingerprint density at radius 1 is 1.07 bits per heavy atom. The van der Waals surface area contributed by atoms with Gasteiger partial charge < -0.3 is 23.7 Å². The van der Waals surface area contributed by atoms with Crippen LogP contribution in [0.2, 0.25) is 0 Å². The van der Waals surface area contributed by atoms with Crippen molar-refractivity contribution in [3.8, 4) is 23.0 Å². The number of fused-ring (bicyclic) bond motifs is 1. The van der Waals surface area contributed by atoms with E-state index in [0.717, 1.165) is 0 Å². The molecule has 0 radical (unpaired) electrons. The van der Waals surface area contributed by atoms with Gasteiger partial charge in [0.05, 0.1) is 18.9 Å². The second-order valence-electron chi connectivity index (χ2n) is 7.24. The van der Waals surface area contributed by atoms with Gasteiger partial charge in [0.2, 0.25) is 6.79 Å². The molecule has 1 N–H and O–H groups in total. The summed E-state index contributed by atoms with van der Waals surface area (Å²) in [6, 6.07) is 9.63. The fourth-order valence-corrected chi connectivity index (χ4v) is 2.49. The van der Waals surface area contributed by atoms with Crippen molar-refractivity contribution in [2.24, 2.45) is 5.10 Å². The van der Waals surface area contributed by atoms with Crippen molar-refractivity contribution in [3.63, 3.8) is 0 Å². The molecule has 3 rings (SSSR count). The molecule has 1 heterocycles. The zero-order chi connectivity index (χ0) is 21.7. The van der Waals surface area contributed by atoms with E-state index >= 15 is 0 Å². The van der Waals surface area contributed by atoms with Crippen molar-refractivity contribution in [1.29, 1.82) is 0 Å². The van der Waals surface area contributed by atoms with E-state index in [1.165, 1.54) is 13.3 Å². The normalized spacial score (nSPS) is 12.5. The van der Waals surface area contributed by atoms with Crippen LogP contribution in [0.5, 0.6) is 23.0 Å². The van der Waals surface area contributed by atoms with E-state index in [9.17, 15) is 9.59 Å². The number of ether oxygens (including phenoxy) is 5. The molecule has 0 aromatic heterocycles. The predicted molar refractivity (Wildman–Crippen MR) is 107 cm³/mol. The summed E-state index contributed by atoms with van der Waals surface area (Å²) in [7, 11) is 1.45. The van der Waals surface area contributed by atoms with Gasteiger partial charge >= 0.3 is 12.1 Å². The summed E-state index contributed by atoms with van der Waals surface area (Å²) in [6.45, 7) is 5.38. The summed E-state index contributed by atoms with van der Waals surface area (Å²) in [4.78, 5) is 24.1. The maximum atomic E-state index is 12.5. The van der Waals surface area contributed by atoms with Gasteiger partial charge in [-0.25, -0.2) is 15.0 Å². The Labute approximate surface area is 173 Å². The molecule has 30 heavy (non-hydrogen) atoms. The van der Waals surface area contributed by atoms with E-state index in [-0.39, 0.29) is 12.5 Å². The number of rotatable bonds is 5. The van der Waals surface area contributed by atoms with E-state index in [1.807, 2.05) is 0 Å². The van der Waals surface area contributed by atoms with Crippen LogP contribution in [0.15, 0.2) is 41.5 Å². The van der Waals surface area contributed by atoms with E-state index in [4.69, 9.17) is 23.7 Å². The van der Waals surface area contributed by atoms with Crippen molar-refractivity contribution >= 4 is 18.3 Å². The van der Waals surface area contributed by atoms with Gasteiger partial charge in [-0.1, -0.05) is 0 Å². The van der Waals surface area contributed by atoms with Crippen molar-refractivity contribution in [1.82, 2.24) is 5.43 Å². The molecule has 0 aliphatic carbocycles. The number of carbonyl (C=O) groups excluding carboxylic acids is 2. The number of hydrazone groups is 1. The Bertz CT molecular complexity index is 980. The van der Waals surface area contributed by atoms with Gasteiger partial charge in [0.15, 0.2) is 23.0 Å². The minimum Gasteiger partial charge on any atom is -0.493 e. The lowest BCUT2D eigenvalue weighted by molar-refractivity contribution is 0.0529. The highest BCUT2D eigenvalue weighted by atomic mass is 16.7. The average Bonchev–Trinajstić information content (AvgIpc) is 3.15. The van der Waals surface area contributed by atoms with Crippen LogP contribution in [0.25, 0.3) is 0 Å². The molecular formula is C21H22N2O7. The van der Waals surface area contributed by atoms with Crippen molar-refractivity contribution < 1.29 is 33.3 Å². The minimum absolute atomic E-state index is 0.119. The highest BCUT2D eigenvalue weighted by Crippen LogP contribution is 2.33. The topological polar surface area (TPSA) is 105 Å². The first-order chi connectivity index (χ1) is 14.2. The zero-order valence-corrected chi connectivity index (χ0v) is 17.1. The van der Waals surface area contributed by atoms with Gasteiger partial charge in [-0.05, 0) is 62.7 Å². The number of amides is 1. The second kappa shape index (κ2) is 8.73. The lowest BCUT2D eigenvalue weighted by atomic mass is 10.2. The first-order valence-electron chi connectivity index (χ1n) is 9.07. The Balaban J connectivity index is 1.66. The highest BCUT2D eigenvalue weighted by Gasteiger charge is 2.19. The molecule has 0 bridgehead atoms. The van der Waals surface area contributed by atoms with Gasteiger partial charge in [0.25, 0.3) is 0 Å². The molecular weight excluding hydrogens is 392 g/mol. The van der Waals surface area contributed by atoms with Crippen LogP contribution >= 0.6 is 0 Å². The van der Waals surface area contributed by atoms with E-state index in [0.29, 0.717) is 28.4 Å². The van der Waals surface area contributed by atoms with Crippen LogP contribution in [0, 0.1) is 0 Å². The van der Waals surface area contributed by atoms with Crippen LogP contribution in [-0.4, -0.2) is 37.8 Å². The summed E-state index contributed by atoms with van der Waals surface area (Å²) in [5, 5.41) is 3.83. The van der Waals surface area contributed by atoms with E-state index in [1.54, 1.807) is 57.2 Å². The van der Waals surface area contributed by atoms with E-state index in [2.05, 4.69) is 10.5 Å².